The van der Waals surface area contributed by atoms with Crippen molar-refractivity contribution in [3.63, 3.8) is 0 Å². The van der Waals surface area contributed by atoms with Gasteiger partial charge in [0.2, 0.25) is 0 Å². The average Bonchev–Trinajstić information content (AvgIpc) is 2.27. The molecule has 1 rings (SSSR count). The fraction of sp³-hybridized carbons (Fsp3) is 0.400. The van der Waals surface area contributed by atoms with Crippen molar-refractivity contribution >= 4 is 8.07 Å². The maximum absolute atomic E-state index is 10.8. The van der Waals surface area contributed by atoms with Gasteiger partial charge in [0.1, 0.15) is 11.4 Å². The molecule has 0 bridgehead atoms. The Morgan fingerprint density at radius 1 is 1.28 bits per heavy atom. The second kappa shape index (κ2) is 5.15. The molecule has 0 spiro atoms. The fourth-order valence-electron chi connectivity index (χ4n) is 2.23. The Kier molecular flexibility index (Phi) is 4.23. The standard InChI is InChI=1S/C15H22O2Si/c1-7-14(18(4,5)6)15(2,16)12-8-10-13(17-3)11-9-12/h8-11,16H,1H2,2-6H3/t15-/m0/s1. The van der Waals surface area contributed by atoms with Gasteiger partial charge in [-0.2, -0.15) is 0 Å². The Morgan fingerprint density at radius 2 is 1.78 bits per heavy atom. The molecule has 0 saturated heterocycles. The summed E-state index contributed by atoms with van der Waals surface area (Å²) in [6.07, 6.45) is 0. The number of rotatable bonds is 4. The largest absolute Gasteiger partial charge is 0.497 e. The lowest BCUT2D eigenvalue weighted by Gasteiger charge is -2.33. The maximum Gasteiger partial charge on any atom is 0.118 e. The van der Waals surface area contributed by atoms with E-state index in [0.717, 1.165) is 16.5 Å². The van der Waals surface area contributed by atoms with Gasteiger partial charge in [-0.3, -0.25) is 0 Å². The molecule has 0 amide bonds. The van der Waals surface area contributed by atoms with E-state index in [4.69, 9.17) is 4.74 Å². The first-order valence-electron chi connectivity index (χ1n) is 6.01. The molecule has 0 radical (unpaired) electrons. The lowest BCUT2D eigenvalue weighted by Crippen LogP contribution is -2.38. The van der Waals surface area contributed by atoms with Crippen LogP contribution >= 0.6 is 0 Å². The van der Waals surface area contributed by atoms with Gasteiger partial charge in [0, 0.05) is 0 Å². The van der Waals surface area contributed by atoms with E-state index >= 15 is 0 Å². The molecule has 0 aromatic heterocycles. The molecule has 0 fully saturated rings. The Hall–Kier alpha value is -1.28. The lowest BCUT2D eigenvalue weighted by molar-refractivity contribution is 0.105. The Morgan fingerprint density at radius 3 is 2.11 bits per heavy atom. The number of methoxy groups -OCH3 is 1. The molecule has 98 valence electrons. The van der Waals surface area contributed by atoms with E-state index in [2.05, 4.69) is 32.0 Å². The third-order valence-corrected chi connectivity index (χ3v) is 5.23. The highest BCUT2D eigenvalue weighted by atomic mass is 28.3. The van der Waals surface area contributed by atoms with Crippen molar-refractivity contribution in [2.75, 3.05) is 7.11 Å². The van der Waals surface area contributed by atoms with Gasteiger partial charge < -0.3 is 9.84 Å². The van der Waals surface area contributed by atoms with E-state index < -0.39 is 13.7 Å². The summed E-state index contributed by atoms with van der Waals surface area (Å²) in [6, 6.07) is 7.48. The Balaban J connectivity index is 3.23. The zero-order chi connectivity index (χ0) is 14.0. The Labute approximate surface area is 111 Å². The topological polar surface area (TPSA) is 29.5 Å². The first-order valence-corrected chi connectivity index (χ1v) is 9.51. The smallest absolute Gasteiger partial charge is 0.118 e. The quantitative estimate of drug-likeness (QED) is 0.665. The van der Waals surface area contributed by atoms with Gasteiger partial charge in [0.25, 0.3) is 0 Å². The summed E-state index contributed by atoms with van der Waals surface area (Å²) in [6.45, 7) is 12.1. The third-order valence-electron chi connectivity index (χ3n) is 3.07. The number of benzene rings is 1. The van der Waals surface area contributed by atoms with Gasteiger partial charge in [-0.15, -0.1) is 5.73 Å². The summed E-state index contributed by atoms with van der Waals surface area (Å²) in [5.41, 5.74) is 2.79. The summed E-state index contributed by atoms with van der Waals surface area (Å²) in [5.74, 6) is 0.784. The van der Waals surface area contributed by atoms with Crippen molar-refractivity contribution in [1.29, 1.82) is 0 Å². The maximum atomic E-state index is 10.8. The normalized spacial score (nSPS) is 14.6. The predicted molar refractivity (Wildman–Crippen MR) is 78.6 cm³/mol. The van der Waals surface area contributed by atoms with Crippen LogP contribution in [0.3, 0.4) is 0 Å². The third kappa shape index (κ3) is 2.93. The van der Waals surface area contributed by atoms with Crippen molar-refractivity contribution in [2.45, 2.75) is 32.2 Å². The van der Waals surface area contributed by atoms with Gasteiger partial charge in [0.15, 0.2) is 0 Å². The van der Waals surface area contributed by atoms with Gasteiger partial charge in [0.05, 0.1) is 15.2 Å². The minimum atomic E-state index is -1.66. The fourth-order valence-corrected chi connectivity index (χ4v) is 4.36. The van der Waals surface area contributed by atoms with Crippen LogP contribution in [0.4, 0.5) is 0 Å². The van der Waals surface area contributed by atoms with Crippen LogP contribution in [-0.2, 0) is 5.60 Å². The van der Waals surface area contributed by atoms with Crippen molar-refractivity contribution in [3.8, 4) is 5.75 Å². The summed E-state index contributed by atoms with van der Waals surface area (Å²) >= 11 is 0. The van der Waals surface area contributed by atoms with Crippen LogP contribution in [-0.4, -0.2) is 20.3 Å². The lowest BCUT2D eigenvalue weighted by atomic mass is 9.95. The van der Waals surface area contributed by atoms with Crippen LogP contribution in [0.5, 0.6) is 5.75 Å². The van der Waals surface area contributed by atoms with E-state index in [9.17, 15) is 5.11 Å². The van der Waals surface area contributed by atoms with Gasteiger partial charge in [-0.1, -0.05) is 38.4 Å². The molecular formula is C15H22O2Si. The van der Waals surface area contributed by atoms with Gasteiger partial charge >= 0.3 is 0 Å². The molecule has 0 aliphatic carbocycles. The summed E-state index contributed by atoms with van der Waals surface area (Å²) in [7, 11) is -0.0357. The minimum Gasteiger partial charge on any atom is -0.497 e. The summed E-state index contributed by atoms with van der Waals surface area (Å²) in [4.78, 5) is 0. The SMILES string of the molecule is C=C=C([C@@](C)(O)c1ccc(OC)cc1)[Si](C)(C)C. The minimum absolute atomic E-state index is 0.784. The number of hydrogen-bond acceptors (Lipinski definition) is 2. The first-order chi connectivity index (χ1) is 8.23. The molecule has 1 N–H and O–H groups in total. The second-order valence-electron chi connectivity index (χ2n) is 5.60. The molecule has 0 saturated carbocycles. The highest BCUT2D eigenvalue weighted by Gasteiger charge is 2.36. The average molecular weight is 262 g/mol. The van der Waals surface area contributed by atoms with Crippen LogP contribution in [0.25, 0.3) is 0 Å². The van der Waals surface area contributed by atoms with E-state index in [0.29, 0.717) is 0 Å². The highest BCUT2D eigenvalue weighted by molar-refractivity contribution is 6.83. The van der Waals surface area contributed by atoms with Crippen molar-refractivity contribution in [2.24, 2.45) is 0 Å². The van der Waals surface area contributed by atoms with Crippen LogP contribution in [0.1, 0.15) is 12.5 Å². The predicted octanol–water partition coefficient (Wildman–Crippen LogP) is 3.49. The molecule has 0 aliphatic rings. The van der Waals surface area contributed by atoms with E-state index in [-0.39, 0.29) is 0 Å². The van der Waals surface area contributed by atoms with Crippen LogP contribution in [0, 0.1) is 0 Å². The molecular weight excluding hydrogens is 240 g/mol. The number of aliphatic hydroxyl groups is 1. The first kappa shape index (κ1) is 14.8. The van der Waals surface area contributed by atoms with Crippen molar-refractivity contribution in [1.82, 2.24) is 0 Å². The van der Waals surface area contributed by atoms with Gasteiger partial charge in [-0.25, -0.2) is 0 Å². The number of ether oxygens (including phenoxy) is 1. The second-order valence-corrected chi connectivity index (χ2v) is 10.6. The molecule has 0 heterocycles. The van der Waals surface area contributed by atoms with Crippen molar-refractivity contribution < 1.29 is 9.84 Å². The summed E-state index contributed by atoms with van der Waals surface area (Å²) < 4.78 is 5.13. The molecule has 0 unspecified atom stereocenters. The van der Waals surface area contributed by atoms with Crippen LogP contribution in [0.2, 0.25) is 19.6 Å². The molecule has 18 heavy (non-hydrogen) atoms. The molecule has 2 nitrogen and oxygen atoms in total. The monoisotopic (exact) mass is 262 g/mol. The Bertz CT molecular complexity index is 460. The summed E-state index contributed by atoms with van der Waals surface area (Å²) in [5, 5.41) is 11.7. The van der Waals surface area contributed by atoms with Crippen LogP contribution in [0.15, 0.2) is 41.8 Å². The van der Waals surface area contributed by atoms with Gasteiger partial charge in [-0.05, 0) is 29.8 Å². The molecule has 0 aliphatic heterocycles. The molecule has 1 aromatic rings. The molecule has 1 aromatic carbocycles. The zero-order valence-corrected chi connectivity index (χ0v) is 12.9. The highest BCUT2D eigenvalue weighted by Crippen LogP contribution is 2.34. The van der Waals surface area contributed by atoms with E-state index in [1.165, 1.54) is 0 Å². The molecule has 3 heteroatoms. The zero-order valence-electron chi connectivity index (χ0n) is 11.9. The van der Waals surface area contributed by atoms with E-state index in [1.54, 1.807) is 14.0 Å². The van der Waals surface area contributed by atoms with Crippen LogP contribution < -0.4 is 4.74 Å². The molecule has 1 atom stereocenters. The van der Waals surface area contributed by atoms with E-state index in [1.807, 2.05) is 24.3 Å². The number of hydrogen-bond donors (Lipinski definition) is 1. The van der Waals surface area contributed by atoms with Crippen molar-refractivity contribution in [3.05, 3.63) is 47.3 Å².